The first-order valence-corrected chi connectivity index (χ1v) is 15.0. The van der Waals surface area contributed by atoms with E-state index in [-0.39, 0.29) is 6.71 Å². The summed E-state index contributed by atoms with van der Waals surface area (Å²) in [7, 11) is 0.867. The summed E-state index contributed by atoms with van der Waals surface area (Å²) < 4.78 is 16.0. The maximum atomic E-state index is 6.80. The van der Waals surface area contributed by atoms with Crippen molar-refractivity contribution in [2.45, 2.75) is 20.8 Å². The van der Waals surface area contributed by atoms with Crippen LogP contribution in [0.4, 0.5) is 17.1 Å². The highest BCUT2D eigenvalue weighted by Gasteiger charge is 2.44. The molecule has 0 amide bonds. The number of hydrogen-bond donors (Lipinski definition) is 0. The number of thiophene rings is 1. The monoisotopic (exact) mass is 545 g/mol. The number of aryl methyl sites for hydroxylation is 3. The number of nitrogens with zero attached hydrogens (tertiary/aromatic N) is 1. The van der Waals surface area contributed by atoms with Gasteiger partial charge < -0.3 is 14.4 Å². The predicted octanol–water partition coefficient (Wildman–Crippen LogP) is 5.72. The lowest BCUT2D eigenvalue weighted by Crippen LogP contribution is -2.59. The summed E-state index contributed by atoms with van der Waals surface area (Å²) in [6.45, 7) is 6.58. The van der Waals surface area contributed by atoms with E-state index in [1.807, 2.05) is 11.3 Å². The van der Waals surface area contributed by atoms with Crippen LogP contribution < -0.4 is 41.0 Å². The minimum atomic E-state index is 0.0857. The molecular formula is C35H25B2NO2S. The number of ether oxygens (including phenoxy) is 2. The molecule has 0 saturated carbocycles. The quantitative estimate of drug-likeness (QED) is 0.246. The molecule has 9 rings (SSSR count). The lowest BCUT2D eigenvalue weighted by molar-refractivity contribution is 0.487. The van der Waals surface area contributed by atoms with Gasteiger partial charge in [0.05, 0.1) is 0 Å². The Kier molecular flexibility index (Phi) is 4.72. The van der Waals surface area contributed by atoms with Gasteiger partial charge in [0.25, 0.3) is 6.71 Å². The summed E-state index contributed by atoms with van der Waals surface area (Å²) in [6.07, 6.45) is 0. The van der Waals surface area contributed by atoms with Crippen LogP contribution in [0, 0.1) is 20.8 Å². The smallest absolute Gasteiger partial charge is 0.268 e. The molecule has 4 heterocycles. The van der Waals surface area contributed by atoms with Crippen molar-refractivity contribution in [2.24, 2.45) is 0 Å². The van der Waals surface area contributed by atoms with Gasteiger partial charge in [0.1, 0.15) is 23.0 Å². The third kappa shape index (κ3) is 3.28. The van der Waals surface area contributed by atoms with Crippen molar-refractivity contribution in [2.75, 3.05) is 4.90 Å². The molecule has 5 aromatic carbocycles. The lowest BCUT2D eigenvalue weighted by atomic mass is 9.36. The molecule has 0 fully saturated rings. The highest BCUT2D eigenvalue weighted by molar-refractivity contribution is 7.33. The average Bonchev–Trinajstić information content (AvgIpc) is 3.34. The standard InChI is InChI=1S/C35H25B2NO2S/c1-19-13-21(3)32-29(15-19)39-28-18-26-25(17-24(28)36-32)37-33-27(38(26)22-9-5-4-6-10-22)14-20(2)16-30(33)40-34-23-11-7-8-12-31(23)41-35(34)37/h4-18,36H,1-3H3. The Morgan fingerprint density at radius 1 is 0.732 bits per heavy atom. The van der Waals surface area contributed by atoms with Crippen LogP contribution in [0.3, 0.4) is 0 Å². The van der Waals surface area contributed by atoms with E-state index in [1.165, 1.54) is 64.8 Å². The Bertz CT molecular complexity index is 2080. The molecule has 194 valence electrons. The highest BCUT2D eigenvalue weighted by Crippen LogP contribution is 2.45. The summed E-state index contributed by atoms with van der Waals surface area (Å²) in [5, 5.41) is 1.19. The zero-order valence-electron chi connectivity index (χ0n) is 23.1. The fourth-order valence-electron chi connectivity index (χ4n) is 7.04. The van der Waals surface area contributed by atoms with Crippen LogP contribution in [0.2, 0.25) is 0 Å². The van der Waals surface area contributed by atoms with Gasteiger partial charge in [0, 0.05) is 38.0 Å². The Balaban J connectivity index is 1.35. The van der Waals surface area contributed by atoms with Gasteiger partial charge >= 0.3 is 0 Å². The summed E-state index contributed by atoms with van der Waals surface area (Å²) >= 11 is 1.86. The summed E-state index contributed by atoms with van der Waals surface area (Å²) in [4.78, 5) is 2.40. The molecule has 0 unspecified atom stereocenters. The molecule has 0 aliphatic carbocycles. The zero-order valence-corrected chi connectivity index (χ0v) is 23.9. The third-order valence-corrected chi connectivity index (χ3v) is 10.0. The van der Waals surface area contributed by atoms with Gasteiger partial charge in [0.15, 0.2) is 0 Å². The van der Waals surface area contributed by atoms with Gasteiger partial charge in [0.2, 0.25) is 7.28 Å². The summed E-state index contributed by atoms with van der Waals surface area (Å²) in [6, 6.07) is 33.0. The topological polar surface area (TPSA) is 21.7 Å². The largest absolute Gasteiger partial charge is 0.458 e. The first-order chi connectivity index (χ1) is 20.0. The Labute approximate surface area is 244 Å². The van der Waals surface area contributed by atoms with Gasteiger partial charge in [-0.1, -0.05) is 48.0 Å². The number of fused-ring (bicyclic) bond motifs is 8. The third-order valence-electron chi connectivity index (χ3n) is 8.78. The second-order valence-electron chi connectivity index (χ2n) is 11.5. The predicted molar refractivity (Wildman–Crippen MR) is 175 cm³/mol. The minimum Gasteiger partial charge on any atom is -0.458 e. The first kappa shape index (κ1) is 23.3. The Hall–Kier alpha value is -4.41. The molecule has 3 nitrogen and oxygen atoms in total. The highest BCUT2D eigenvalue weighted by atomic mass is 32.1. The van der Waals surface area contributed by atoms with Gasteiger partial charge in [-0.25, -0.2) is 0 Å². The first-order valence-electron chi connectivity index (χ1n) is 14.2. The van der Waals surface area contributed by atoms with Crippen LogP contribution in [0.1, 0.15) is 16.7 Å². The molecule has 0 bridgehead atoms. The van der Waals surface area contributed by atoms with Crippen LogP contribution in [-0.4, -0.2) is 14.0 Å². The van der Waals surface area contributed by atoms with E-state index in [9.17, 15) is 0 Å². The van der Waals surface area contributed by atoms with Crippen LogP contribution in [0.25, 0.3) is 10.1 Å². The van der Waals surface area contributed by atoms with Crippen LogP contribution in [0.15, 0.2) is 91.0 Å². The summed E-state index contributed by atoms with van der Waals surface area (Å²) in [5.74, 6) is 3.89. The SMILES string of the molecule is Cc1cc(C)c2c(c1)Oc1cc3c(cc1B2)B1c2sc4ccccc4c2Oc2cc(C)cc(c21)N3c1ccccc1. The van der Waals surface area contributed by atoms with E-state index in [4.69, 9.17) is 9.47 Å². The van der Waals surface area contributed by atoms with E-state index < -0.39 is 0 Å². The van der Waals surface area contributed by atoms with Crippen molar-refractivity contribution in [1.29, 1.82) is 0 Å². The van der Waals surface area contributed by atoms with E-state index in [0.717, 1.165) is 36.0 Å². The van der Waals surface area contributed by atoms with Crippen molar-refractivity contribution in [1.82, 2.24) is 0 Å². The maximum Gasteiger partial charge on any atom is 0.268 e. The lowest BCUT2D eigenvalue weighted by Gasteiger charge is -2.40. The molecule has 41 heavy (non-hydrogen) atoms. The molecule has 0 spiro atoms. The molecule has 3 aliphatic rings. The Morgan fingerprint density at radius 3 is 2.39 bits per heavy atom. The molecule has 6 aromatic rings. The minimum absolute atomic E-state index is 0.0857. The number of para-hydroxylation sites is 1. The molecule has 6 heteroatoms. The van der Waals surface area contributed by atoms with Crippen LogP contribution in [0.5, 0.6) is 23.0 Å². The fraction of sp³-hybridized carbons (Fsp3) is 0.0857. The van der Waals surface area contributed by atoms with E-state index in [0.29, 0.717) is 0 Å². The van der Waals surface area contributed by atoms with Crippen LogP contribution in [-0.2, 0) is 0 Å². The van der Waals surface area contributed by atoms with E-state index in [1.54, 1.807) is 0 Å². The molecule has 0 atom stereocenters. The molecule has 3 aliphatic heterocycles. The van der Waals surface area contributed by atoms with Crippen molar-refractivity contribution in [3.8, 4) is 23.0 Å². The van der Waals surface area contributed by atoms with Crippen molar-refractivity contribution >= 4 is 79.1 Å². The molecule has 1 aromatic heterocycles. The zero-order chi connectivity index (χ0) is 27.4. The maximum absolute atomic E-state index is 6.80. The van der Waals surface area contributed by atoms with Crippen molar-refractivity contribution in [3.63, 3.8) is 0 Å². The molecule has 0 N–H and O–H groups in total. The van der Waals surface area contributed by atoms with Crippen molar-refractivity contribution < 1.29 is 9.47 Å². The Morgan fingerprint density at radius 2 is 1.51 bits per heavy atom. The normalized spacial score (nSPS) is 13.7. The van der Waals surface area contributed by atoms with E-state index in [2.05, 4.69) is 117 Å². The van der Waals surface area contributed by atoms with E-state index >= 15 is 0 Å². The summed E-state index contributed by atoms with van der Waals surface area (Å²) in [5.41, 5.74) is 12.2. The number of rotatable bonds is 1. The second-order valence-corrected chi connectivity index (χ2v) is 12.6. The number of hydrogen-bond acceptors (Lipinski definition) is 4. The molecular weight excluding hydrogens is 520 g/mol. The van der Waals surface area contributed by atoms with Crippen molar-refractivity contribution in [3.05, 3.63) is 108 Å². The fourth-order valence-corrected chi connectivity index (χ4v) is 8.30. The number of benzene rings is 5. The number of anilines is 3. The second kappa shape index (κ2) is 8.31. The molecule has 0 radical (unpaired) electrons. The van der Waals surface area contributed by atoms with Crippen LogP contribution >= 0.6 is 11.3 Å². The van der Waals surface area contributed by atoms with Gasteiger partial charge in [-0.15, -0.1) is 11.3 Å². The van der Waals surface area contributed by atoms with Gasteiger partial charge in [-0.05, 0) is 96.2 Å². The van der Waals surface area contributed by atoms with Gasteiger partial charge in [-0.2, -0.15) is 0 Å². The van der Waals surface area contributed by atoms with Gasteiger partial charge in [-0.3, -0.25) is 0 Å². The molecule has 0 saturated heterocycles. The average molecular weight is 545 g/mol.